The van der Waals surface area contributed by atoms with Crippen LogP contribution >= 0.6 is 0 Å². The van der Waals surface area contributed by atoms with E-state index in [4.69, 9.17) is 0 Å². The van der Waals surface area contributed by atoms with Gasteiger partial charge in [-0.05, 0) is 45.7 Å². The summed E-state index contributed by atoms with van der Waals surface area (Å²) in [6, 6.07) is 4.68. The Morgan fingerprint density at radius 2 is 2.12 bits per heavy atom. The molecule has 1 N–H and O–H groups in total. The average molecular weight is 234 g/mol. The second-order valence-corrected chi connectivity index (χ2v) is 5.25. The van der Waals surface area contributed by atoms with E-state index < -0.39 is 0 Å². The second kappa shape index (κ2) is 5.05. The van der Waals surface area contributed by atoms with Gasteiger partial charge in [0, 0.05) is 23.8 Å². The molecule has 0 spiro atoms. The first-order valence-corrected chi connectivity index (χ1v) is 6.55. The highest BCUT2D eigenvalue weighted by Crippen LogP contribution is 2.32. The molecule has 1 fully saturated rings. The molecule has 2 heterocycles. The van der Waals surface area contributed by atoms with Crippen molar-refractivity contribution in [1.82, 2.24) is 9.88 Å². The number of piperidine rings is 1. The molecule has 2 rings (SSSR count). The van der Waals surface area contributed by atoms with Crippen LogP contribution in [-0.4, -0.2) is 22.5 Å². The van der Waals surface area contributed by atoms with Crippen LogP contribution in [0.2, 0.25) is 0 Å². The quantitative estimate of drug-likeness (QED) is 0.854. The van der Waals surface area contributed by atoms with E-state index in [0.717, 1.165) is 5.69 Å². The number of H-pyrrole nitrogens is 1. The SMILES string of the molecule is Cc1[nH]c(=O)ccc1C1CCCCN1C(C)C. The summed E-state index contributed by atoms with van der Waals surface area (Å²) >= 11 is 0. The number of pyridine rings is 1. The van der Waals surface area contributed by atoms with Gasteiger partial charge in [-0.15, -0.1) is 0 Å². The van der Waals surface area contributed by atoms with E-state index >= 15 is 0 Å². The lowest BCUT2D eigenvalue weighted by molar-refractivity contribution is 0.111. The molecule has 1 atom stereocenters. The predicted molar refractivity (Wildman–Crippen MR) is 70.2 cm³/mol. The van der Waals surface area contributed by atoms with E-state index in [0.29, 0.717) is 12.1 Å². The summed E-state index contributed by atoms with van der Waals surface area (Å²) in [4.78, 5) is 16.7. The molecule has 1 aromatic rings. The molecule has 17 heavy (non-hydrogen) atoms. The third kappa shape index (κ3) is 2.60. The Hall–Kier alpha value is -1.09. The molecule has 0 bridgehead atoms. The lowest BCUT2D eigenvalue weighted by Crippen LogP contribution is -2.39. The number of aromatic nitrogens is 1. The van der Waals surface area contributed by atoms with Crippen LogP contribution in [0.4, 0.5) is 0 Å². The van der Waals surface area contributed by atoms with Gasteiger partial charge in [0.15, 0.2) is 0 Å². The van der Waals surface area contributed by atoms with Crippen molar-refractivity contribution in [2.45, 2.75) is 52.1 Å². The Labute approximate surface area is 103 Å². The molecule has 0 saturated carbocycles. The van der Waals surface area contributed by atoms with Gasteiger partial charge in [0.25, 0.3) is 0 Å². The maximum Gasteiger partial charge on any atom is 0.248 e. The minimum absolute atomic E-state index is 0.00171. The van der Waals surface area contributed by atoms with Crippen LogP contribution in [-0.2, 0) is 0 Å². The van der Waals surface area contributed by atoms with Crippen molar-refractivity contribution in [3.05, 3.63) is 33.7 Å². The van der Waals surface area contributed by atoms with Crippen molar-refractivity contribution >= 4 is 0 Å². The Bertz CT molecular complexity index is 436. The lowest BCUT2D eigenvalue weighted by atomic mass is 9.93. The van der Waals surface area contributed by atoms with Crippen molar-refractivity contribution in [2.75, 3.05) is 6.54 Å². The Balaban J connectivity index is 2.32. The summed E-state index contributed by atoms with van der Waals surface area (Å²) in [7, 11) is 0. The third-order valence-electron chi connectivity index (χ3n) is 3.72. The first-order valence-electron chi connectivity index (χ1n) is 6.55. The van der Waals surface area contributed by atoms with Crippen molar-refractivity contribution in [1.29, 1.82) is 0 Å². The molecule has 1 saturated heterocycles. The topological polar surface area (TPSA) is 36.1 Å². The number of nitrogens with one attached hydrogen (secondary N) is 1. The molecule has 1 aliphatic rings. The summed E-state index contributed by atoms with van der Waals surface area (Å²) in [6.07, 6.45) is 3.77. The van der Waals surface area contributed by atoms with Gasteiger partial charge in [0.1, 0.15) is 0 Å². The number of hydrogen-bond donors (Lipinski definition) is 1. The number of hydrogen-bond acceptors (Lipinski definition) is 2. The zero-order valence-electron chi connectivity index (χ0n) is 11.0. The fourth-order valence-electron chi connectivity index (χ4n) is 2.86. The van der Waals surface area contributed by atoms with Crippen LogP contribution in [0.15, 0.2) is 16.9 Å². The van der Waals surface area contributed by atoms with Gasteiger partial charge in [-0.1, -0.05) is 12.5 Å². The highest BCUT2D eigenvalue weighted by molar-refractivity contribution is 5.23. The van der Waals surface area contributed by atoms with Crippen LogP contribution in [0.25, 0.3) is 0 Å². The maximum absolute atomic E-state index is 11.3. The monoisotopic (exact) mass is 234 g/mol. The number of nitrogens with zero attached hydrogens (tertiary/aromatic N) is 1. The molecule has 0 amide bonds. The van der Waals surface area contributed by atoms with Crippen LogP contribution in [0.5, 0.6) is 0 Å². The van der Waals surface area contributed by atoms with Gasteiger partial charge in [-0.2, -0.15) is 0 Å². The Kier molecular flexibility index (Phi) is 3.67. The molecular weight excluding hydrogens is 212 g/mol. The highest BCUT2D eigenvalue weighted by Gasteiger charge is 2.26. The first-order chi connectivity index (χ1) is 8.09. The Morgan fingerprint density at radius 1 is 1.35 bits per heavy atom. The summed E-state index contributed by atoms with van der Waals surface area (Å²) in [5, 5.41) is 0. The number of likely N-dealkylation sites (tertiary alicyclic amines) is 1. The molecule has 3 nitrogen and oxygen atoms in total. The molecule has 0 aromatic carbocycles. The number of aromatic amines is 1. The highest BCUT2D eigenvalue weighted by atomic mass is 16.1. The maximum atomic E-state index is 11.3. The van der Waals surface area contributed by atoms with Gasteiger partial charge in [-0.25, -0.2) is 0 Å². The van der Waals surface area contributed by atoms with Crippen LogP contribution in [0, 0.1) is 6.92 Å². The fraction of sp³-hybridized carbons (Fsp3) is 0.643. The predicted octanol–water partition coefficient (Wildman–Crippen LogP) is 2.62. The third-order valence-corrected chi connectivity index (χ3v) is 3.72. The molecule has 1 aromatic heterocycles. The molecule has 1 aliphatic heterocycles. The lowest BCUT2D eigenvalue weighted by Gasteiger charge is -2.39. The van der Waals surface area contributed by atoms with E-state index in [-0.39, 0.29) is 5.56 Å². The van der Waals surface area contributed by atoms with Gasteiger partial charge < -0.3 is 4.98 Å². The summed E-state index contributed by atoms with van der Waals surface area (Å²) in [5.74, 6) is 0. The van der Waals surface area contributed by atoms with Crippen molar-refractivity contribution < 1.29 is 0 Å². The average Bonchev–Trinajstić information content (AvgIpc) is 2.29. The smallest absolute Gasteiger partial charge is 0.248 e. The molecule has 1 unspecified atom stereocenters. The van der Waals surface area contributed by atoms with E-state index in [2.05, 4.69) is 23.7 Å². The Morgan fingerprint density at radius 3 is 2.76 bits per heavy atom. The van der Waals surface area contributed by atoms with Crippen LogP contribution < -0.4 is 5.56 Å². The van der Waals surface area contributed by atoms with E-state index in [9.17, 15) is 4.79 Å². The molecule has 0 aliphatic carbocycles. The summed E-state index contributed by atoms with van der Waals surface area (Å²) in [5.41, 5.74) is 2.31. The van der Waals surface area contributed by atoms with Gasteiger partial charge in [0.2, 0.25) is 5.56 Å². The molecule has 94 valence electrons. The van der Waals surface area contributed by atoms with Crippen molar-refractivity contribution in [2.24, 2.45) is 0 Å². The van der Waals surface area contributed by atoms with Gasteiger partial charge in [-0.3, -0.25) is 9.69 Å². The standard InChI is InChI=1S/C14H22N2O/c1-10(2)16-9-5-4-6-13(16)12-7-8-14(17)15-11(12)3/h7-8,10,13H,4-6,9H2,1-3H3,(H,15,17). The van der Waals surface area contributed by atoms with E-state index in [1.807, 2.05) is 13.0 Å². The van der Waals surface area contributed by atoms with Gasteiger partial charge >= 0.3 is 0 Å². The van der Waals surface area contributed by atoms with Crippen molar-refractivity contribution in [3.8, 4) is 0 Å². The first kappa shape index (κ1) is 12.4. The van der Waals surface area contributed by atoms with Crippen molar-refractivity contribution in [3.63, 3.8) is 0 Å². The normalized spacial score (nSPS) is 22.0. The van der Waals surface area contributed by atoms with Crippen LogP contribution in [0.3, 0.4) is 0 Å². The largest absolute Gasteiger partial charge is 0.326 e. The van der Waals surface area contributed by atoms with Gasteiger partial charge in [0.05, 0.1) is 0 Å². The molecule has 0 radical (unpaired) electrons. The zero-order chi connectivity index (χ0) is 12.4. The number of aryl methyl sites for hydroxylation is 1. The molecule has 3 heteroatoms. The summed E-state index contributed by atoms with van der Waals surface area (Å²) in [6.45, 7) is 7.67. The zero-order valence-corrected chi connectivity index (χ0v) is 11.0. The number of rotatable bonds is 2. The fourth-order valence-corrected chi connectivity index (χ4v) is 2.86. The van der Waals surface area contributed by atoms with E-state index in [1.165, 1.54) is 31.4 Å². The van der Waals surface area contributed by atoms with E-state index in [1.54, 1.807) is 6.07 Å². The van der Waals surface area contributed by atoms with Crippen LogP contribution in [0.1, 0.15) is 50.4 Å². The second-order valence-electron chi connectivity index (χ2n) is 5.25. The molecular formula is C14H22N2O. The summed E-state index contributed by atoms with van der Waals surface area (Å²) < 4.78 is 0. The minimum atomic E-state index is -0.00171. The minimum Gasteiger partial charge on any atom is -0.326 e.